The third kappa shape index (κ3) is 3.02. The Morgan fingerprint density at radius 2 is 2.38 bits per heavy atom. The Labute approximate surface area is 100 Å². The first kappa shape index (κ1) is 13.1. The highest BCUT2D eigenvalue weighted by Gasteiger charge is 2.27. The maximum atomic E-state index is 11.9. The normalized spacial score (nSPS) is 13.5. The van der Waals surface area contributed by atoms with E-state index < -0.39 is 5.54 Å². The largest absolute Gasteiger partial charge is 0.344 e. The zero-order valence-corrected chi connectivity index (χ0v) is 10.8. The van der Waals surface area contributed by atoms with Crippen LogP contribution in [-0.4, -0.2) is 17.4 Å². The van der Waals surface area contributed by atoms with Gasteiger partial charge in [0.2, 0.25) is 5.91 Å². The van der Waals surface area contributed by atoms with Gasteiger partial charge >= 0.3 is 0 Å². The van der Waals surface area contributed by atoms with Crippen LogP contribution in [0.5, 0.6) is 0 Å². The van der Waals surface area contributed by atoms with Crippen LogP contribution in [0.4, 0.5) is 0 Å². The second kappa shape index (κ2) is 5.41. The number of thiazole rings is 1. The van der Waals surface area contributed by atoms with Gasteiger partial charge in [-0.3, -0.25) is 4.79 Å². The predicted octanol–water partition coefficient (Wildman–Crippen LogP) is 1.48. The van der Waals surface area contributed by atoms with Crippen LogP contribution in [0.1, 0.15) is 32.2 Å². The summed E-state index contributed by atoms with van der Waals surface area (Å²) < 4.78 is 0. The summed E-state index contributed by atoms with van der Waals surface area (Å²) in [5, 5.41) is 5.81. The second-order valence-electron chi connectivity index (χ2n) is 4.29. The van der Waals surface area contributed by atoms with Gasteiger partial charge in [-0.2, -0.15) is 0 Å². The Kier molecular flexibility index (Phi) is 4.44. The zero-order valence-electron chi connectivity index (χ0n) is 9.99. The van der Waals surface area contributed by atoms with Gasteiger partial charge in [-0.05, 0) is 20.3 Å². The van der Waals surface area contributed by atoms with Crippen molar-refractivity contribution in [1.29, 1.82) is 0 Å². The first-order chi connectivity index (χ1) is 7.51. The van der Waals surface area contributed by atoms with Crippen molar-refractivity contribution in [2.75, 3.05) is 6.54 Å². The lowest BCUT2D eigenvalue weighted by molar-refractivity contribution is -0.126. The number of carbonyl (C=O) groups excluding carboxylic acids is 1. The molecular weight excluding hydrogens is 222 g/mol. The van der Waals surface area contributed by atoms with Gasteiger partial charge in [0.15, 0.2) is 0 Å². The molecule has 0 saturated carbocycles. The Balaban J connectivity index is 2.69. The third-order valence-electron chi connectivity index (χ3n) is 2.55. The molecule has 1 rings (SSSR count). The fourth-order valence-electron chi connectivity index (χ4n) is 1.45. The molecule has 0 aliphatic rings. The molecule has 1 heterocycles. The molecule has 16 heavy (non-hydrogen) atoms. The molecular formula is C11H19N3OS. The average Bonchev–Trinajstić information content (AvgIpc) is 2.71. The van der Waals surface area contributed by atoms with Gasteiger partial charge < -0.3 is 11.1 Å². The Hall–Kier alpha value is -0.940. The Morgan fingerprint density at radius 3 is 2.81 bits per heavy atom. The van der Waals surface area contributed by atoms with Crippen LogP contribution in [-0.2, 0) is 10.3 Å². The number of nitrogens with zero attached hydrogens (tertiary/aromatic N) is 1. The predicted molar refractivity (Wildman–Crippen MR) is 66.1 cm³/mol. The van der Waals surface area contributed by atoms with Gasteiger partial charge in [0.05, 0.1) is 5.54 Å². The van der Waals surface area contributed by atoms with Gasteiger partial charge in [0.25, 0.3) is 0 Å². The Bertz CT molecular complexity index is 331. The molecule has 90 valence electrons. The molecule has 4 nitrogen and oxygen atoms in total. The highest BCUT2D eigenvalue weighted by Crippen LogP contribution is 2.22. The van der Waals surface area contributed by atoms with Crippen molar-refractivity contribution in [2.24, 2.45) is 11.7 Å². The number of hydrogen-bond acceptors (Lipinski definition) is 4. The zero-order chi connectivity index (χ0) is 12.2. The topological polar surface area (TPSA) is 68.0 Å². The second-order valence-corrected chi connectivity index (χ2v) is 5.19. The summed E-state index contributed by atoms with van der Waals surface area (Å²) >= 11 is 1.54. The minimum Gasteiger partial charge on any atom is -0.344 e. The van der Waals surface area contributed by atoms with Crippen molar-refractivity contribution in [2.45, 2.75) is 32.7 Å². The lowest BCUT2D eigenvalue weighted by atomic mass is 10.0. The lowest BCUT2D eigenvalue weighted by Gasteiger charge is -2.26. The summed E-state index contributed by atoms with van der Waals surface area (Å²) in [6, 6.07) is 0. The summed E-state index contributed by atoms with van der Waals surface area (Å²) in [6.45, 7) is 6.25. The minimum absolute atomic E-state index is 0.00481. The fourth-order valence-corrected chi connectivity index (χ4v) is 2.17. The monoisotopic (exact) mass is 241 g/mol. The molecule has 0 radical (unpaired) electrons. The van der Waals surface area contributed by atoms with Crippen molar-refractivity contribution < 1.29 is 4.79 Å². The standard InChI is InChI=1S/C11H19N3OS/c1-4-8(7-12)9(15)14-11(2,3)10-13-5-6-16-10/h5-6,8H,4,7,12H2,1-3H3,(H,14,15). The van der Waals surface area contributed by atoms with Crippen molar-refractivity contribution in [3.8, 4) is 0 Å². The summed E-state index contributed by atoms with van der Waals surface area (Å²) in [5.74, 6) is -0.107. The van der Waals surface area contributed by atoms with E-state index in [1.54, 1.807) is 17.5 Å². The van der Waals surface area contributed by atoms with E-state index in [9.17, 15) is 4.79 Å². The van der Waals surface area contributed by atoms with E-state index in [0.717, 1.165) is 11.4 Å². The first-order valence-electron chi connectivity index (χ1n) is 5.43. The summed E-state index contributed by atoms with van der Waals surface area (Å²) in [7, 11) is 0. The van der Waals surface area contributed by atoms with Crippen molar-refractivity contribution >= 4 is 17.2 Å². The molecule has 1 unspecified atom stereocenters. The molecule has 1 atom stereocenters. The van der Waals surface area contributed by atoms with Crippen LogP contribution in [0.3, 0.4) is 0 Å². The third-order valence-corrected chi connectivity index (χ3v) is 3.65. The molecule has 5 heteroatoms. The first-order valence-corrected chi connectivity index (χ1v) is 6.31. The number of aromatic nitrogens is 1. The molecule has 0 aromatic carbocycles. The minimum atomic E-state index is -0.423. The van der Waals surface area contributed by atoms with E-state index in [4.69, 9.17) is 5.73 Å². The van der Waals surface area contributed by atoms with Gasteiger partial charge in [0, 0.05) is 24.0 Å². The van der Waals surface area contributed by atoms with Crippen LogP contribution in [0.25, 0.3) is 0 Å². The van der Waals surface area contributed by atoms with Gasteiger partial charge in [-0.25, -0.2) is 4.98 Å². The molecule has 1 aromatic rings. The molecule has 0 fully saturated rings. The Morgan fingerprint density at radius 1 is 1.69 bits per heavy atom. The van der Waals surface area contributed by atoms with E-state index in [1.807, 2.05) is 26.2 Å². The number of carbonyl (C=O) groups is 1. The molecule has 0 aliphatic heterocycles. The maximum absolute atomic E-state index is 11.9. The maximum Gasteiger partial charge on any atom is 0.225 e. The molecule has 1 aromatic heterocycles. The van der Waals surface area contributed by atoms with E-state index in [-0.39, 0.29) is 11.8 Å². The van der Waals surface area contributed by atoms with E-state index in [0.29, 0.717) is 6.54 Å². The summed E-state index contributed by atoms with van der Waals surface area (Å²) in [6.07, 6.45) is 2.50. The van der Waals surface area contributed by atoms with Crippen molar-refractivity contribution in [1.82, 2.24) is 10.3 Å². The van der Waals surface area contributed by atoms with Crippen LogP contribution < -0.4 is 11.1 Å². The van der Waals surface area contributed by atoms with Crippen LogP contribution in [0.15, 0.2) is 11.6 Å². The molecule has 1 amide bonds. The average molecular weight is 241 g/mol. The molecule has 0 bridgehead atoms. The van der Waals surface area contributed by atoms with Crippen molar-refractivity contribution in [3.05, 3.63) is 16.6 Å². The summed E-state index contributed by atoms with van der Waals surface area (Å²) in [5.41, 5.74) is 5.13. The number of amides is 1. The number of nitrogens with two attached hydrogens (primary N) is 1. The highest BCUT2D eigenvalue weighted by atomic mass is 32.1. The molecule has 3 N–H and O–H groups in total. The fraction of sp³-hybridized carbons (Fsp3) is 0.636. The van der Waals surface area contributed by atoms with E-state index in [1.165, 1.54) is 0 Å². The van der Waals surface area contributed by atoms with Crippen LogP contribution in [0, 0.1) is 5.92 Å². The number of hydrogen-bond donors (Lipinski definition) is 2. The highest BCUT2D eigenvalue weighted by molar-refractivity contribution is 7.09. The lowest BCUT2D eigenvalue weighted by Crippen LogP contribution is -2.45. The quantitative estimate of drug-likeness (QED) is 0.820. The van der Waals surface area contributed by atoms with Crippen molar-refractivity contribution in [3.63, 3.8) is 0 Å². The van der Waals surface area contributed by atoms with Crippen LogP contribution in [0.2, 0.25) is 0 Å². The van der Waals surface area contributed by atoms with E-state index >= 15 is 0 Å². The molecule has 0 spiro atoms. The van der Waals surface area contributed by atoms with Gasteiger partial charge in [-0.1, -0.05) is 6.92 Å². The SMILES string of the molecule is CCC(CN)C(=O)NC(C)(C)c1nccs1. The number of nitrogens with one attached hydrogen (secondary N) is 1. The molecule has 0 saturated heterocycles. The molecule has 0 aliphatic carbocycles. The number of rotatable bonds is 5. The van der Waals surface area contributed by atoms with Gasteiger partial charge in [-0.15, -0.1) is 11.3 Å². The summed E-state index contributed by atoms with van der Waals surface area (Å²) in [4.78, 5) is 16.1. The van der Waals surface area contributed by atoms with E-state index in [2.05, 4.69) is 10.3 Å². The van der Waals surface area contributed by atoms with Gasteiger partial charge in [0.1, 0.15) is 5.01 Å². The smallest absolute Gasteiger partial charge is 0.225 e. The van der Waals surface area contributed by atoms with Crippen LogP contribution >= 0.6 is 11.3 Å².